The van der Waals surface area contributed by atoms with E-state index in [4.69, 9.17) is 9.97 Å². The van der Waals surface area contributed by atoms with Crippen LogP contribution in [0.3, 0.4) is 0 Å². The van der Waals surface area contributed by atoms with E-state index in [2.05, 4.69) is 126 Å². The highest BCUT2D eigenvalue weighted by molar-refractivity contribution is 7.24. The molecule has 0 atom stereocenters. The van der Waals surface area contributed by atoms with Crippen LogP contribution in [0, 0.1) is 0 Å². The standard InChI is InChI=1S/C44H25N3S/c1-2-8-28(9-3-1)43-44(46-34-13-5-4-12-33(34)45-43)31-17-16-30-25-32(21-18-29(30)24-31)47-35-22-19-26-10-6-14-37-39(26)41(35)42-36(47)23-20-27-11-7-15-38(48-37)40(27)42/h1-25H. The molecule has 3 aromatic heterocycles. The van der Waals surface area contributed by atoms with Crippen LogP contribution in [0.2, 0.25) is 0 Å². The molecule has 4 heteroatoms. The van der Waals surface area contributed by atoms with E-state index < -0.39 is 0 Å². The van der Waals surface area contributed by atoms with Crippen molar-refractivity contribution in [1.82, 2.24) is 14.5 Å². The molecular weight excluding hydrogens is 603 g/mol. The summed E-state index contributed by atoms with van der Waals surface area (Å²) in [7, 11) is 0. The van der Waals surface area contributed by atoms with Gasteiger partial charge in [-0.3, -0.25) is 0 Å². The lowest BCUT2D eigenvalue weighted by Crippen LogP contribution is -1.96. The van der Waals surface area contributed by atoms with Gasteiger partial charge in [0.2, 0.25) is 0 Å². The van der Waals surface area contributed by atoms with E-state index in [-0.39, 0.29) is 0 Å². The molecule has 0 aliphatic rings. The van der Waals surface area contributed by atoms with Crippen LogP contribution in [-0.4, -0.2) is 14.5 Å². The predicted octanol–water partition coefficient (Wildman–Crippen LogP) is 12.2. The maximum atomic E-state index is 5.15. The van der Waals surface area contributed by atoms with Gasteiger partial charge in [-0.2, -0.15) is 0 Å². The molecule has 3 nitrogen and oxygen atoms in total. The highest BCUT2D eigenvalue weighted by atomic mass is 32.1. The topological polar surface area (TPSA) is 30.7 Å². The molecule has 0 saturated carbocycles. The Morgan fingerprint density at radius 2 is 0.958 bits per heavy atom. The van der Waals surface area contributed by atoms with Crippen molar-refractivity contribution in [2.24, 2.45) is 0 Å². The van der Waals surface area contributed by atoms with E-state index in [0.29, 0.717) is 0 Å². The van der Waals surface area contributed by atoms with Crippen LogP contribution in [0.1, 0.15) is 0 Å². The number of hydrogen-bond acceptors (Lipinski definition) is 3. The van der Waals surface area contributed by atoms with E-state index in [1.54, 1.807) is 0 Å². The van der Waals surface area contributed by atoms with Crippen molar-refractivity contribution in [1.29, 1.82) is 0 Å². The summed E-state index contributed by atoms with van der Waals surface area (Å²) in [5.74, 6) is 0. The van der Waals surface area contributed by atoms with Gasteiger partial charge in [0.05, 0.1) is 33.5 Å². The lowest BCUT2D eigenvalue weighted by molar-refractivity contribution is 1.19. The monoisotopic (exact) mass is 627 g/mol. The van der Waals surface area contributed by atoms with Crippen LogP contribution >= 0.6 is 11.3 Å². The first-order valence-electron chi connectivity index (χ1n) is 16.2. The van der Waals surface area contributed by atoms with Crippen molar-refractivity contribution >= 4 is 85.9 Å². The van der Waals surface area contributed by atoms with Crippen LogP contribution in [0.15, 0.2) is 152 Å². The SMILES string of the molecule is c1ccc(-c2nc3ccccc3nc2-c2ccc3cc(-n4c5ccc6cccc7sc8cccc9ccc4c(c98)c5c67)ccc3c2)cc1. The van der Waals surface area contributed by atoms with Crippen molar-refractivity contribution < 1.29 is 0 Å². The van der Waals surface area contributed by atoms with Gasteiger partial charge >= 0.3 is 0 Å². The highest BCUT2D eigenvalue weighted by Crippen LogP contribution is 2.46. The molecule has 0 fully saturated rings. The molecule has 0 unspecified atom stereocenters. The summed E-state index contributed by atoms with van der Waals surface area (Å²) >= 11 is 1.89. The van der Waals surface area contributed by atoms with E-state index in [0.717, 1.165) is 39.2 Å². The third-order valence-electron chi connectivity index (χ3n) is 9.90. The second-order valence-electron chi connectivity index (χ2n) is 12.6. The summed E-state index contributed by atoms with van der Waals surface area (Å²) in [4.78, 5) is 10.2. The van der Waals surface area contributed by atoms with Gasteiger partial charge in [-0.1, -0.05) is 97.1 Å². The molecule has 0 amide bonds. The lowest BCUT2D eigenvalue weighted by Gasteiger charge is -2.13. The van der Waals surface area contributed by atoms with Gasteiger partial charge < -0.3 is 4.57 Å². The summed E-state index contributed by atoms with van der Waals surface area (Å²) in [6, 6.07) is 54.6. The summed E-state index contributed by atoms with van der Waals surface area (Å²) in [6.07, 6.45) is 0. The maximum absolute atomic E-state index is 5.15. The number of fused-ring (bicyclic) bond motifs is 2. The molecular formula is C44H25N3S. The van der Waals surface area contributed by atoms with E-state index >= 15 is 0 Å². The second-order valence-corrected chi connectivity index (χ2v) is 13.7. The fraction of sp³-hybridized carbons (Fsp3) is 0. The first-order valence-corrected chi connectivity index (χ1v) is 17.1. The average molecular weight is 628 g/mol. The number of rotatable bonds is 3. The Balaban J connectivity index is 1.15. The van der Waals surface area contributed by atoms with Crippen LogP contribution in [0.4, 0.5) is 0 Å². The predicted molar refractivity (Wildman–Crippen MR) is 204 cm³/mol. The first-order chi connectivity index (χ1) is 23.8. The molecule has 0 radical (unpaired) electrons. The van der Waals surface area contributed by atoms with Crippen molar-refractivity contribution in [3.63, 3.8) is 0 Å². The third kappa shape index (κ3) is 3.63. The number of para-hydroxylation sites is 2. The van der Waals surface area contributed by atoms with Gasteiger partial charge in [0.1, 0.15) is 0 Å². The zero-order valence-corrected chi connectivity index (χ0v) is 26.5. The largest absolute Gasteiger partial charge is 0.309 e. The summed E-state index contributed by atoms with van der Waals surface area (Å²) < 4.78 is 5.10. The Morgan fingerprint density at radius 1 is 0.396 bits per heavy atom. The third-order valence-corrected chi connectivity index (χ3v) is 11.0. The molecule has 3 heterocycles. The number of hydrogen-bond donors (Lipinski definition) is 0. The smallest absolute Gasteiger partial charge is 0.0973 e. The molecule has 0 aliphatic heterocycles. The van der Waals surface area contributed by atoms with Gasteiger partial charge in [0, 0.05) is 47.8 Å². The minimum Gasteiger partial charge on any atom is -0.309 e. The normalized spacial score (nSPS) is 12.2. The highest BCUT2D eigenvalue weighted by Gasteiger charge is 2.21. The minimum absolute atomic E-state index is 0.894. The zero-order chi connectivity index (χ0) is 31.3. The van der Waals surface area contributed by atoms with E-state index in [1.807, 2.05) is 41.7 Å². The van der Waals surface area contributed by atoms with Crippen molar-refractivity contribution in [2.75, 3.05) is 0 Å². The number of benzene rings is 8. The molecule has 0 bridgehead atoms. The second kappa shape index (κ2) is 9.71. The van der Waals surface area contributed by atoms with Gasteiger partial charge in [-0.25, -0.2) is 9.97 Å². The summed E-state index contributed by atoms with van der Waals surface area (Å²) in [5.41, 5.74) is 9.34. The Hall–Kier alpha value is -6.10. The Kier molecular flexibility index (Phi) is 5.26. The minimum atomic E-state index is 0.894. The van der Waals surface area contributed by atoms with Crippen LogP contribution in [0.5, 0.6) is 0 Å². The summed E-state index contributed by atoms with van der Waals surface area (Å²) in [6.45, 7) is 0. The van der Waals surface area contributed by atoms with Crippen LogP contribution in [-0.2, 0) is 0 Å². The van der Waals surface area contributed by atoms with Crippen LogP contribution < -0.4 is 0 Å². The molecule has 11 aromatic rings. The van der Waals surface area contributed by atoms with E-state index in [1.165, 1.54) is 63.5 Å². The van der Waals surface area contributed by atoms with E-state index in [9.17, 15) is 0 Å². The number of aromatic nitrogens is 3. The Bertz CT molecular complexity index is 2960. The fourth-order valence-electron chi connectivity index (χ4n) is 7.76. The van der Waals surface area contributed by atoms with Crippen molar-refractivity contribution in [2.45, 2.75) is 0 Å². The van der Waals surface area contributed by atoms with Gasteiger partial charge in [-0.15, -0.1) is 11.3 Å². The average Bonchev–Trinajstić information content (AvgIpc) is 3.40. The molecule has 8 aromatic carbocycles. The van der Waals surface area contributed by atoms with Crippen molar-refractivity contribution in [3.8, 4) is 28.2 Å². The quantitative estimate of drug-likeness (QED) is 0.195. The van der Waals surface area contributed by atoms with Gasteiger partial charge in [0.25, 0.3) is 0 Å². The number of nitrogens with zero attached hydrogens (tertiary/aromatic N) is 3. The summed E-state index contributed by atoms with van der Waals surface area (Å²) in [5, 5.41) is 10.3. The van der Waals surface area contributed by atoms with Gasteiger partial charge in [0.15, 0.2) is 0 Å². The Labute approximate surface area is 279 Å². The Morgan fingerprint density at radius 3 is 1.62 bits per heavy atom. The molecule has 0 N–H and O–H groups in total. The molecule has 48 heavy (non-hydrogen) atoms. The fourth-order valence-corrected chi connectivity index (χ4v) is 8.94. The molecule has 0 spiro atoms. The molecule has 0 aliphatic carbocycles. The van der Waals surface area contributed by atoms with Crippen molar-refractivity contribution in [3.05, 3.63) is 152 Å². The maximum Gasteiger partial charge on any atom is 0.0973 e. The van der Waals surface area contributed by atoms with Crippen LogP contribution in [0.25, 0.3) is 103 Å². The zero-order valence-electron chi connectivity index (χ0n) is 25.7. The first kappa shape index (κ1) is 26.0. The molecule has 11 rings (SSSR count). The van der Waals surface area contributed by atoms with Gasteiger partial charge in [-0.05, 0) is 76.1 Å². The molecule has 0 saturated heterocycles. The molecule has 222 valence electrons. The lowest BCUT2D eigenvalue weighted by atomic mass is 10.00.